The molecule has 6 heteroatoms. The summed E-state index contributed by atoms with van der Waals surface area (Å²) in [5.74, 6) is -0.294. The molecular weight excluding hydrogens is 287 g/mol. The summed E-state index contributed by atoms with van der Waals surface area (Å²) in [6.45, 7) is 0.340. The predicted molar refractivity (Wildman–Crippen MR) is 75.1 cm³/mol. The van der Waals surface area contributed by atoms with Crippen molar-refractivity contribution in [3.05, 3.63) is 58.6 Å². The average molecular weight is 297 g/mol. The molecule has 98 valence electrons. The van der Waals surface area contributed by atoms with Crippen molar-refractivity contribution in [3.8, 4) is 0 Å². The maximum Gasteiger partial charge on any atom is 0.270 e. The normalized spacial score (nSPS) is 13.5. The molecule has 0 fully saturated rings. The Bertz CT molecular complexity index is 580. The molecule has 0 saturated heterocycles. The Morgan fingerprint density at radius 3 is 2.89 bits per heavy atom. The van der Waals surface area contributed by atoms with Gasteiger partial charge in [-0.15, -0.1) is 0 Å². The van der Waals surface area contributed by atoms with E-state index >= 15 is 0 Å². The Morgan fingerprint density at radius 2 is 2.11 bits per heavy atom. The van der Waals surface area contributed by atoms with Crippen molar-refractivity contribution in [2.45, 2.75) is 6.54 Å². The Morgan fingerprint density at radius 1 is 1.26 bits per heavy atom. The van der Waals surface area contributed by atoms with Gasteiger partial charge < -0.3 is 10.1 Å². The Kier molecular flexibility index (Phi) is 4.60. The van der Waals surface area contributed by atoms with Gasteiger partial charge in [0.1, 0.15) is 12.0 Å². The van der Waals surface area contributed by atoms with E-state index in [9.17, 15) is 4.79 Å². The number of amides is 1. The van der Waals surface area contributed by atoms with E-state index in [1.165, 1.54) is 24.8 Å². The van der Waals surface area contributed by atoms with Gasteiger partial charge >= 0.3 is 0 Å². The third-order valence-electron chi connectivity index (χ3n) is 2.33. The van der Waals surface area contributed by atoms with Crippen molar-refractivity contribution in [1.29, 1.82) is 0 Å². The second-order valence-corrected chi connectivity index (χ2v) is 4.48. The van der Waals surface area contributed by atoms with Crippen LogP contribution in [-0.4, -0.2) is 11.6 Å². The molecule has 2 rings (SSSR count). The van der Waals surface area contributed by atoms with Crippen LogP contribution in [0.5, 0.6) is 0 Å². The predicted octanol–water partition coefficient (Wildman–Crippen LogP) is 3.07. The van der Waals surface area contributed by atoms with E-state index < -0.39 is 0 Å². The van der Waals surface area contributed by atoms with Gasteiger partial charge in [0, 0.05) is 12.6 Å². The molecule has 4 nitrogen and oxygen atoms in total. The molecule has 1 amide bonds. The van der Waals surface area contributed by atoms with E-state index in [0.717, 1.165) is 5.56 Å². The lowest BCUT2D eigenvalue weighted by Gasteiger charge is -2.05. The maximum atomic E-state index is 11.8. The average Bonchev–Trinajstić information content (AvgIpc) is 2.69. The van der Waals surface area contributed by atoms with Gasteiger partial charge in [-0.3, -0.25) is 4.79 Å². The number of nitrogens with one attached hydrogen (secondary N) is 1. The first kappa shape index (κ1) is 13.6. The number of rotatable bonds is 3. The molecule has 0 aliphatic carbocycles. The second-order valence-electron chi connectivity index (χ2n) is 3.67. The van der Waals surface area contributed by atoms with Crippen molar-refractivity contribution in [2.75, 3.05) is 0 Å². The highest BCUT2D eigenvalue weighted by Crippen LogP contribution is 2.22. The molecule has 0 bridgehead atoms. The van der Waals surface area contributed by atoms with Crippen LogP contribution in [-0.2, 0) is 16.1 Å². The fourth-order valence-corrected chi connectivity index (χ4v) is 1.72. The molecule has 1 heterocycles. The molecule has 19 heavy (non-hydrogen) atoms. The van der Waals surface area contributed by atoms with E-state index in [1.807, 2.05) is 0 Å². The van der Waals surface area contributed by atoms with Crippen LogP contribution in [0.4, 0.5) is 0 Å². The zero-order valence-corrected chi connectivity index (χ0v) is 11.3. The number of aliphatic imine (C=N–C) groups is 1. The van der Waals surface area contributed by atoms with Gasteiger partial charge in [-0.25, -0.2) is 4.99 Å². The van der Waals surface area contributed by atoms with Gasteiger partial charge in [0.2, 0.25) is 0 Å². The van der Waals surface area contributed by atoms with Crippen LogP contribution in [0.2, 0.25) is 10.0 Å². The molecular formula is C13H10Cl2N2O2. The zero-order chi connectivity index (χ0) is 13.7. The molecule has 0 aromatic heterocycles. The van der Waals surface area contributed by atoms with Crippen LogP contribution in [0.25, 0.3) is 0 Å². The highest BCUT2D eigenvalue weighted by atomic mass is 35.5. The van der Waals surface area contributed by atoms with Crippen molar-refractivity contribution in [3.63, 3.8) is 0 Å². The number of carbonyl (C=O) groups is 1. The summed E-state index contributed by atoms with van der Waals surface area (Å²) in [6, 6.07) is 5.19. The smallest absolute Gasteiger partial charge is 0.270 e. The van der Waals surface area contributed by atoms with Gasteiger partial charge in [0.25, 0.3) is 5.91 Å². The molecule has 0 saturated carbocycles. The second kappa shape index (κ2) is 6.41. The molecule has 0 atom stereocenters. The highest BCUT2D eigenvalue weighted by Gasteiger charge is 2.09. The zero-order valence-electron chi connectivity index (χ0n) is 9.77. The summed E-state index contributed by atoms with van der Waals surface area (Å²) in [5.41, 5.74) is 1.13. The number of benzene rings is 1. The molecule has 1 N–H and O–H groups in total. The van der Waals surface area contributed by atoms with Crippen LogP contribution in [0, 0.1) is 0 Å². The summed E-state index contributed by atoms with van der Waals surface area (Å²) in [5, 5.41) is 3.67. The van der Waals surface area contributed by atoms with Gasteiger partial charge in [-0.05, 0) is 17.7 Å². The van der Waals surface area contributed by atoms with Crippen LogP contribution >= 0.6 is 23.2 Å². The van der Waals surface area contributed by atoms with Gasteiger partial charge in [-0.1, -0.05) is 29.3 Å². The topological polar surface area (TPSA) is 50.7 Å². The molecule has 1 aromatic rings. The third-order valence-corrected chi connectivity index (χ3v) is 3.07. The summed E-state index contributed by atoms with van der Waals surface area (Å²) < 4.78 is 4.88. The molecule has 0 radical (unpaired) electrons. The number of ether oxygens (including phenoxy) is 1. The number of hydrogen-bond donors (Lipinski definition) is 1. The van der Waals surface area contributed by atoms with Gasteiger partial charge in [0.15, 0.2) is 0 Å². The fraction of sp³-hybridized carbons (Fsp3) is 0.0769. The van der Waals surface area contributed by atoms with E-state index in [1.54, 1.807) is 18.2 Å². The van der Waals surface area contributed by atoms with Crippen LogP contribution in [0.1, 0.15) is 5.56 Å². The monoisotopic (exact) mass is 296 g/mol. The number of nitrogens with zero attached hydrogens (tertiary/aromatic N) is 1. The van der Waals surface area contributed by atoms with E-state index in [2.05, 4.69) is 10.3 Å². The number of halogens is 2. The number of hydrogen-bond acceptors (Lipinski definition) is 3. The quantitative estimate of drug-likeness (QED) is 0.932. The van der Waals surface area contributed by atoms with Crippen molar-refractivity contribution >= 4 is 34.8 Å². The lowest BCUT2D eigenvalue weighted by atomic mass is 10.2. The highest BCUT2D eigenvalue weighted by molar-refractivity contribution is 6.43. The Balaban J connectivity index is 1.98. The number of carbonyl (C=O) groups excluding carboxylic acids is 1. The van der Waals surface area contributed by atoms with Crippen LogP contribution in [0.15, 0.2) is 48.0 Å². The third kappa shape index (κ3) is 3.84. The summed E-state index contributed by atoms with van der Waals surface area (Å²) in [7, 11) is 0. The molecule has 1 aliphatic rings. The van der Waals surface area contributed by atoms with Crippen LogP contribution < -0.4 is 5.32 Å². The maximum absolute atomic E-state index is 11.8. The van der Waals surface area contributed by atoms with Gasteiger partial charge in [0.05, 0.1) is 22.5 Å². The lowest BCUT2D eigenvalue weighted by Crippen LogP contribution is -2.29. The summed E-state index contributed by atoms with van der Waals surface area (Å²) >= 11 is 11.7. The van der Waals surface area contributed by atoms with Crippen LogP contribution in [0.3, 0.4) is 0 Å². The van der Waals surface area contributed by atoms with Crippen molar-refractivity contribution < 1.29 is 9.53 Å². The van der Waals surface area contributed by atoms with E-state index in [0.29, 0.717) is 16.6 Å². The molecule has 1 aromatic carbocycles. The fourth-order valence-electron chi connectivity index (χ4n) is 1.39. The Labute approximate surface area is 120 Å². The minimum absolute atomic E-state index is 0.272. The standard InChI is InChI=1S/C13H10Cl2N2O2/c14-10-2-1-9(7-11(10)15)8-17-13(18)12-3-5-19-6-4-16-12/h1-7H,8H2,(H,17,18). The SMILES string of the molecule is O=C(NCc1ccc(Cl)c(Cl)c1)C1=NC=COC=C1. The van der Waals surface area contributed by atoms with Gasteiger partial charge in [-0.2, -0.15) is 0 Å². The minimum Gasteiger partial charge on any atom is -0.471 e. The Hall–Kier alpha value is -1.78. The molecule has 0 unspecified atom stereocenters. The molecule has 1 aliphatic heterocycles. The minimum atomic E-state index is -0.294. The van der Waals surface area contributed by atoms with E-state index in [-0.39, 0.29) is 11.6 Å². The first-order chi connectivity index (χ1) is 9.16. The first-order valence-corrected chi connectivity index (χ1v) is 6.19. The summed E-state index contributed by atoms with van der Waals surface area (Å²) in [6.07, 6.45) is 5.68. The van der Waals surface area contributed by atoms with Crippen molar-refractivity contribution in [1.82, 2.24) is 5.32 Å². The van der Waals surface area contributed by atoms with E-state index in [4.69, 9.17) is 27.9 Å². The van der Waals surface area contributed by atoms with Crippen molar-refractivity contribution in [2.24, 2.45) is 4.99 Å². The largest absolute Gasteiger partial charge is 0.471 e. The summed E-state index contributed by atoms with van der Waals surface area (Å²) in [4.78, 5) is 15.8. The first-order valence-electron chi connectivity index (χ1n) is 5.44. The molecule has 0 spiro atoms. The lowest BCUT2D eigenvalue weighted by molar-refractivity contribution is -0.114.